The van der Waals surface area contributed by atoms with Gasteiger partial charge in [-0.15, -0.1) is 0 Å². The highest BCUT2D eigenvalue weighted by Crippen LogP contribution is 2.25. The molecule has 1 heterocycles. The van der Waals surface area contributed by atoms with Crippen LogP contribution in [0.4, 0.5) is 8.78 Å². The molecule has 0 amide bonds. The van der Waals surface area contributed by atoms with E-state index in [-0.39, 0.29) is 5.56 Å². The van der Waals surface area contributed by atoms with Gasteiger partial charge < -0.3 is 0 Å². The van der Waals surface area contributed by atoms with Crippen molar-refractivity contribution in [2.24, 2.45) is 5.84 Å². The predicted molar refractivity (Wildman–Crippen MR) is 64.5 cm³/mol. The van der Waals surface area contributed by atoms with Crippen LogP contribution in [0.1, 0.15) is 23.0 Å². The number of nitrogens with two attached hydrogens (primary N) is 1. The highest BCUT2D eigenvalue weighted by Gasteiger charge is 2.21. The van der Waals surface area contributed by atoms with Crippen LogP contribution in [0.2, 0.25) is 0 Å². The molecule has 2 rings (SSSR count). The Labute approximate surface area is 104 Å². The Kier molecular flexibility index (Phi) is 3.64. The van der Waals surface area contributed by atoms with Gasteiger partial charge in [-0.1, -0.05) is 12.1 Å². The molecular formula is C13H13F2N3. The average Bonchev–Trinajstić information content (AvgIpc) is 2.34. The van der Waals surface area contributed by atoms with Gasteiger partial charge in [-0.2, -0.15) is 0 Å². The van der Waals surface area contributed by atoms with Crippen molar-refractivity contribution >= 4 is 0 Å². The number of aryl methyl sites for hydroxylation is 1. The van der Waals surface area contributed by atoms with Crippen LogP contribution in [-0.2, 0) is 0 Å². The molecule has 5 heteroatoms. The summed E-state index contributed by atoms with van der Waals surface area (Å²) in [5.74, 6) is 4.10. The standard InChI is InChI=1S/C13H13F2N3/c1-8-4-2-7-11(17-8)13(18-16)12-9(14)5-3-6-10(12)15/h2-7,13,18H,16H2,1H3. The minimum atomic E-state index is -0.814. The number of hydrogen-bond acceptors (Lipinski definition) is 3. The SMILES string of the molecule is Cc1cccc(C(NN)c2c(F)cccc2F)n1. The molecule has 0 spiro atoms. The fourth-order valence-corrected chi connectivity index (χ4v) is 1.83. The molecule has 1 aromatic carbocycles. The van der Waals surface area contributed by atoms with E-state index in [1.54, 1.807) is 25.1 Å². The summed E-state index contributed by atoms with van der Waals surface area (Å²) >= 11 is 0. The number of hydrogen-bond donors (Lipinski definition) is 2. The molecule has 94 valence electrons. The molecule has 0 aliphatic heterocycles. The van der Waals surface area contributed by atoms with Crippen LogP contribution in [0, 0.1) is 18.6 Å². The molecule has 1 atom stereocenters. The molecular weight excluding hydrogens is 236 g/mol. The second kappa shape index (κ2) is 5.20. The van der Waals surface area contributed by atoms with E-state index in [0.717, 1.165) is 5.69 Å². The molecule has 3 nitrogen and oxygen atoms in total. The van der Waals surface area contributed by atoms with E-state index in [0.29, 0.717) is 5.69 Å². The first-order valence-corrected chi connectivity index (χ1v) is 5.47. The normalized spacial score (nSPS) is 12.4. The number of nitrogens with one attached hydrogen (secondary N) is 1. The first-order valence-electron chi connectivity index (χ1n) is 5.47. The zero-order chi connectivity index (χ0) is 13.1. The van der Waals surface area contributed by atoms with Crippen LogP contribution in [0.3, 0.4) is 0 Å². The lowest BCUT2D eigenvalue weighted by atomic mass is 10.0. The molecule has 0 saturated carbocycles. The lowest BCUT2D eigenvalue weighted by Crippen LogP contribution is -2.31. The van der Waals surface area contributed by atoms with Gasteiger partial charge in [-0.3, -0.25) is 10.8 Å². The number of nitrogens with zero attached hydrogens (tertiary/aromatic N) is 1. The maximum atomic E-state index is 13.7. The molecule has 2 aromatic rings. The number of pyridine rings is 1. The minimum Gasteiger partial charge on any atom is -0.271 e. The Morgan fingerprint density at radius 3 is 2.28 bits per heavy atom. The fraction of sp³-hybridized carbons (Fsp3) is 0.154. The molecule has 3 N–H and O–H groups in total. The maximum Gasteiger partial charge on any atom is 0.131 e. The number of aromatic nitrogens is 1. The zero-order valence-corrected chi connectivity index (χ0v) is 9.82. The summed E-state index contributed by atoms with van der Waals surface area (Å²) in [4.78, 5) is 4.23. The van der Waals surface area contributed by atoms with Crippen molar-refractivity contribution in [2.75, 3.05) is 0 Å². The first kappa shape index (κ1) is 12.6. The molecule has 0 saturated heterocycles. The summed E-state index contributed by atoms with van der Waals surface area (Å²) in [7, 11) is 0. The summed E-state index contributed by atoms with van der Waals surface area (Å²) in [6.07, 6.45) is 0. The zero-order valence-electron chi connectivity index (χ0n) is 9.82. The predicted octanol–water partition coefficient (Wildman–Crippen LogP) is 2.22. The van der Waals surface area contributed by atoms with Crippen molar-refractivity contribution in [3.8, 4) is 0 Å². The molecule has 1 unspecified atom stereocenters. The van der Waals surface area contributed by atoms with Crippen molar-refractivity contribution in [3.63, 3.8) is 0 Å². The van der Waals surface area contributed by atoms with E-state index in [4.69, 9.17) is 5.84 Å². The monoisotopic (exact) mass is 249 g/mol. The Bertz CT molecular complexity index is 537. The Balaban J connectivity index is 2.52. The third kappa shape index (κ3) is 2.37. The molecule has 18 heavy (non-hydrogen) atoms. The lowest BCUT2D eigenvalue weighted by molar-refractivity contribution is 0.505. The van der Waals surface area contributed by atoms with Crippen LogP contribution >= 0.6 is 0 Å². The van der Waals surface area contributed by atoms with Crippen molar-refractivity contribution in [1.29, 1.82) is 0 Å². The second-order valence-electron chi connectivity index (χ2n) is 3.94. The molecule has 0 aliphatic carbocycles. The number of hydrazine groups is 1. The molecule has 1 aromatic heterocycles. The van der Waals surface area contributed by atoms with Crippen molar-refractivity contribution in [3.05, 3.63) is 65.0 Å². The minimum absolute atomic E-state index is 0.127. The van der Waals surface area contributed by atoms with Gasteiger partial charge >= 0.3 is 0 Å². The van der Waals surface area contributed by atoms with Gasteiger partial charge in [0, 0.05) is 11.3 Å². The maximum absolute atomic E-state index is 13.7. The highest BCUT2D eigenvalue weighted by molar-refractivity contribution is 5.30. The summed E-state index contributed by atoms with van der Waals surface area (Å²) in [5, 5.41) is 0. The molecule has 0 radical (unpaired) electrons. The average molecular weight is 249 g/mol. The molecule has 0 bridgehead atoms. The van der Waals surface area contributed by atoms with Crippen LogP contribution in [0.5, 0.6) is 0 Å². The third-order valence-corrected chi connectivity index (χ3v) is 2.66. The Morgan fingerprint density at radius 2 is 1.72 bits per heavy atom. The van der Waals surface area contributed by atoms with E-state index < -0.39 is 17.7 Å². The molecule has 0 aliphatic rings. The number of rotatable bonds is 3. The summed E-state index contributed by atoms with van der Waals surface area (Å²) < 4.78 is 27.4. The summed E-state index contributed by atoms with van der Waals surface area (Å²) in [5.41, 5.74) is 3.50. The Morgan fingerprint density at radius 1 is 1.11 bits per heavy atom. The summed E-state index contributed by atoms with van der Waals surface area (Å²) in [6.45, 7) is 1.80. The van der Waals surface area contributed by atoms with Crippen LogP contribution in [0.15, 0.2) is 36.4 Å². The van der Waals surface area contributed by atoms with Crippen molar-refractivity contribution < 1.29 is 8.78 Å². The van der Waals surface area contributed by atoms with Gasteiger partial charge in [-0.25, -0.2) is 14.2 Å². The first-order chi connectivity index (χ1) is 8.63. The molecule has 0 fully saturated rings. The van der Waals surface area contributed by atoms with Gasteiger partial charge in [0.1, 0.15) is 11.6 Å². The topological polar surface area (TPSA) is 50.9 Å². The van der Waals surface area contributed by atoms with Crippen molar-refractivity contribution in [1.82, 2.24) is 10.4 Å². The second-order valence-corrected chi connectivity index (χ2v) is 3.94. The van der Waals surface area contributed by atoms with Crippen LogP contribution < -0.4 is 11.3 Å². The van der Waals surface area contributed by atoms with Gasteiger partial charge in [0.05, 0.1) is 11.7 Å². The fourth-order valence-electron chi connectivity index (χ4n) is 1.83. The van der Waals surface area contributed by atoms with Crippen LogP contribution in [-0.4, -0.2) is 4.98 Å². The summed E-state index contributed by atoms with van der Waals surface area (Å²) in [6, 6.07) is 8.12. The largest absolute Gasteiger partial charge is 0.271 e. The van der Waals surface area contributed by atoms with Crippen molar-refractivity contribution in [2.45, 2.75) is 13.0 Å². The van der Waals surface area contributed by atoms with E-state index in [2.05, 4.69) is 10.4 Å². The lowest BCUT2D eigenvalue weighted by Gasteiger charge is -2.17. The van der Waals surface area contributed by atoms with E-state index in [1.807, 2.05) is 0 Å². The highest BCUT2D eigenvalue weighted by atomic mass is 19.1. The van der Waals surface area contributed by atoms with E-state index in [9.17, 15) is 8.78 Å². The van der Waals surface area contributed by atoms with Gasteiger partial charge in [0.25, 0.3) is 0 Å². The smallest absolute Gasteiger partial charge is 0.131 e. The number of benzene rings is 1. The van der Waals surface area contributed by atoms with Gasteiger partial charge in [0.15, 0.2) is 0 Å². The third-order valence-electron chi connectivity index (χ3n) is 2.66. The number of halogens is 2. The van der Waals surface area contributed by atoms with E-state index >= 15 is 0 Å². The Hall–Kier alpha value is -1.85. The van der Waals surface area contributed by atoms with Gasteiger partial charge in [-0.05, 0) is 31.2 Å². The van der Waals surface area contributed by atoms with E-state index in [1.165, 1.54) is 18.2 Å². The van der Waals surface area contributed by atoms with Crippen LogP contribution in [0.25, 0.3) is 0 Å². The van der Waals surface area contributed by atoms with Gasteiger partial charge in [0.2, 0.25) is 0 Å². The quantitative estimate of drug-likeness (QED) is 0.647.